The number of nitrogens with one attached hydrogen (secondary N) is 2. The molecule has 0 bridgehead atoms. The Morgan fingerprint density at radius 2 is 1.57 bits per heavy atom. The van der Waals surface area contributed by atoms with E-state index < -0.39 is 54.6 Å². The van der Waals surface area contributed by atoms with Crippen molar-refractivity contribution in [3.63, 3.8) is 0 Å². The Bertz CT molecular complexity index is 1220. The summed E-state index contributed by atoms with van der Waals surface area (Å²) in [7, 11) is -3.05. The molecule has 13 heteroatoms. The van der Waals surface area contributed by atoms with Crippen molar-refractivity contribution >= 4 is 71.3 Å². The molecule has 1 fully saturated rings. The van der Waals surface area contributed by atoms with E-state index in [4.69, 9.17) is 49.7 Å². The van der Waals surface area contributed by atoms with Crippen LogP contribution in [0.15, 0.2) is 60.7 Å². The van der Waals surface area contributed by atoms with Gasteiger partial charge in [0.1, 0.15) is 18.7 Å². The molecule has 242 valence electrons. The number of benzene rings is 2. The Balaban J connectivity index is 1.95. The third-order valence-electron chi connectivity index (χ3n) is 7.63. The SMILES string of the molecule is CC(C)[C@H](N)C(=O)N[C@@H](CO[Si](c1ccccc1)(c1ccccc1)C(C)(C)C)C(=O)N1CCC[C@@H](C(=O)OCC(Cl)(Cl)Cl)N1. The van der Waals surface area contributed by atoms with Crippen LogP contribution in [0.1, 0.15) is 47.5 Å². The van der Waals surface area contributed by atoms with Crippen LogP contribution in [0.2, 0.25) is 5.04 Å². The van der Waals surface area contributed by atoms with E-state index in [0.29, 0.717) is 19.4 Å². The van der Waals surface area contributed by atoms with Gasteiger partial charge in [-0.1, -0.05) is 130 Å². The molecule has 0 saturated carbocycles. The summed E-state index contributed by atoms with van der Waals surface area (Å²) < 4.78 is 10.4. The largest absolute Gasteiger partial charge is 0.460 e. The molecule has 9 nitrogen and oxygen atoms in total. The highest BCUT2D eigenvalue weighted by molar-refractivity contribution is 6.99. The van der Waals surface area contributed by atoms with E-state index in [0.717, 1.165) is 10.4 Å². The number of nitrogens with zero attached hydrogens (tertiary/aromatic N) is 1. The van der Waals surface area contributed by atoms with Gasteiger partial charge in [-0.2, -0.15) is 0 Å². The number of alkyl halides is 3. The Kier molecular flexibility index (Phi) is 12.7. The lowest BCUT2D eigenvalue weighted by Gasteiger charge is -2.44. The lowest BCUT2D eigenvalue weighted by Crippen LogP contribution is -2.68. The molecule has 0 aliphatic carbocycles. The van der Waals surface area contributed by atoms with Gasteiger partial charge in [-0.3, -0.25) is 19.4 Å². The molecule has 44 heavy (non-hydrogen) atoms. The molecule has 3 atom stereocenters. The molecule has 4 N–H and O–H groups in total. The van der Waals surface area contributed by atoms with Gasteiger partial charge in [0.2, 0.25) is 9.70 Å². The van der Waals surface area contributed by atoms with Crippen molar-refractivity contribution in [1.29, 1.82) is 0 Å². The van der Waals surface area contributed by atoms with Crippen LogP contribution in [0.4, 0.5) is 0 Å². The highest BCUT2D eigenvalue weighted by atomic mass is 35.6. The fraction of sp³-hybridized carbons (Fsp3) is 0.516. The number of rotatable bonds is 11. The Labute approximate surface area is 276 Å². The first-order valence-corrected chi connectivity index (χ1v) is 17.7. The van der Waals surface area contributed by atoms with Crippen LogP contribution in [0, 0.1) is 5.92 Å². The van der Waals surface area contributed by atoms with Crippen LogP contribution < -0.4 is 26.8 Å². The maximum Gasteiger partial charge on any atom is 0.325 e. The van der Waals surface area contributed by atoms with E-state index in [2.05, 4.69) is 31.5 Å². The third-order valence-corrected chi connectivity index (χ3v) is 13.0. The number of carbonyl (C=O) groups is 3. The zero-order chi connectivity index (χ0) is 32.7. The van der Waals surface area contributed by atoms with Gasteiger partial charge in [0.05, 0.1) is 12.6 Å². The van der Waals surface area contributed by atoms with Crippen LogP contribution >= 0.6 is 34.8 Å². The number of esters is 1. The maximum atomic E-state index is 14.1. The average molecular weight is 686 g/mol. The molecule has 2 aromatic rings. The summed E-state index contributed by atoms with van der Waals surface area (Å²) in [5.74, 6) is -1.75. The van der Waals surface area contributed by atoms with Gasteiger partial charge in [0, 0.05) is 6.54 Å². The second-order valence-electron chi connectivity index (χ2n) is 12.3. The fourth-order valence-electron chi connectivity index (χ4n) is 5.27. The highest BCUT2D eigenvalue weighted by Crippen LogP contribution is 2.37. The summed E-state index contributed by atoms with van der Waals surface area (Å²) in [4.78, 5) is 40.0. The summed E-state index contributed by atoms with van der Waals surface area (Å²) in [5.41, 5.74) is 9.11. The molecule has 2 aromatic carbocycles. The van der Waals surface area contributed by atoms with Crippen molar-refractivity contribution < 1.29 is 23.5 Å². The lowest BCUT2D eigenvalue weighted by atomic mass is 10.0. The number of halogens is 3. The van der Waals surface area contributed by atoms with Crippen molar-refractivity contribution in [1.82, 2.24) is 15.8 Å². The van der Waals surface area contributed by atoms with E-state index in [1.807, 2.05) is 74.5 Å². The number of ether oxygens (including phenoxy) is 1. The lowest BCUT2D eigenvalue weighted by molar-refractivity contribution is -0.153. The fourth-order valence-corrected chi connectivity index (χ4v) is 10.0. The molecule has 1 aliphatic rings. The summed E-state index contributed by atoms with van der Waals surface area (Å²) in [5, 5.41) is 5.87. The van der Waals surface area contributed by atoms with Gasteiger partial charge >= 0.3 is 5.97 Å². The normalized spacial score (nSPS) is 17.6. The van der Waals surface area contributed by atoms with E-state index in [1.54, 1.807) is 0 Å². The molecule has 1 aliphatic heterocycles. The monoisotopic (exact) mass is 684 g/mol. The van der Waals surface area contributed by atoms with E-state index in [9.17, 15) is 14.4 Å². The van der Waals surface area contributed by atoms with Crippen LogP contribution in [-0.2, 0) is 23.5 Å². The second kappa shape index (κ2) is 15.4. The van der Waals surface area contributed by atoms with Gasteiger partial charge in [-0.15, -0.1) is 0 Å². The highest BCUT2D eigenvalue weighted by Gasteiger charge is 2.51. The molecular formula is C31H43Cl3N4O5Si. The van der Waals surface area contributed by atoms with E-state index in [1.165, 1.54) is 5.01 Å². The van der Waals surface area contributed by atoms with Crippen molar-refractivity contribution in [3.05, 3.63) is 60.7 Å². The number of carbonyl (C=O) groups excluding carboxylic acids is 3. The molecule has 1 heterocycles. The third kappa shape index (κ3) is 9.19. The van der Waals surface area contributed by atoms with Crippen molar-refractivity contribution in [2.45, 2.75) is 74.4 Å². The minimum atomic E-state index is -3.05. The Morgan fingerprint density at radius 3 is 2.05 bits per heavy atom. The number of hydrazine groups is 1. The summed E-state index contributed by atoms with van der Waals surface area (Å²) in [6.07, 6.45) is 0.921. The second-order valence-corrected chi connectivity index (χ2v) is 19.2. The van der Waals surface area contributed by atoms with Crippen molar-refractivity contribution in [3.8, 4) is 0 Å². The van der Waals surface area contributed by atoms with E-state index >= 15 is 0 Å². The number of nitrogens with two attached hydrogens (primary N) is 1. The zero-order valence-electron chi connectivity index (χ0n) is 25.8. The molecular weight excluding hydrogens is 643 g/mol. The molecule has 2 amide bonds. The predicted octanol–water partition coefficient (Wildman–Crippen LogP) is 3.44. The number of hydrogen-bond acceptors (Lipinski definition) is 7. The molecule has 3 rings (SSSR count). The van der Waals surface area contributed by atoms with Crippen molar-refractivity contribution in [2.75, 3.05) is 19.8 Å². The molecule has 0 aromatic heterocycles. The molecule has 1 saturated heterocycles. The van der Waals surface area contributed by atoms with Gasteiger partial charge in [0.15, 0.2) is 0 Å². The average Bonchev–Trinajstić information content (AvgIpc) is 2.98. The summed E-state index contributed by atoms with van der Waals surface area (Å²) in [6.45, 7) is 9.80. The number of hydrogen-bond donors (Lipinski definition) is 3. The van der Waals surface area contributed by atoms with E-state index in [-0.39, 0.29) is 17.6 Å². The topological polar surface area (TPSA) is 123 Å². The van der Waals surface area contributed by atoms with Crippen molar-refractivity contribution in [2.24, 2.45) is 11.7 Å². The number of amides is 2. The van der Waals surface area contributed by atoms with Gasteiger partial charge in [0.25, 0.3) is 14.2 Å². The molecule has 0 spiro atoms. The van der Waals surface area contributed by atoms with Gasteiger partial charge in [-0.05, 0) is 34.2 Å². The summed E-state index contributed by atoms with van der Waals surface area (Å²) in [6, 6.07) is 17.2. The standard InChI is InChI=1S/C31H43Cl3N4O5Si/c1-21(2)26(35)27(39)36-25(28(40)38-18-12-17-24(37-38)29(41)42-20-31(32,33)34)19-43-44(30(3,4)5,22-13-8-6-9-14-22)23-15-10-7-11-16-23/h6-11,13-16,21,24-26,37H,12,17-20,35H2,1-5H3,(H,36,39)/t24-,25-,26-/m0/s1. The van der Waals surface area contributed by atoms with Crippen LogP contribution in [0.5, 0.6) is 0 Å². The Morgan fingerprint density at radius 1 is 1.02 bits per heavy atom. The van der Waals surface area contributed by atoms with Gasteiger partial charge < -0.3 is 20.2 Å². The molecule has 0 unspecified atom stereocenters. The van der Waals surface area contributed by atoms with Crippen LogP contribution in [-0.4, -0.2) is 72.8 Å². The smallest absolute Gasteiger partial charge is 0.325 e. The predicted molar refractivity (Wildman–Crippen MR) is 177 cm³/mol. The first kappa shape index (κ1) is 36.3. The van der Waals surface area contributed by atoms with Crippen LogP contribution in [0.3, 0.4) is 0 Å². The minimum Gasteiger partial charge on any atom is -0.460 e. The minimum absolute atomic E-state index is 0.122. The quantitative estimate of drug-likeness (QED) is 0.188. The van der Waals surface area contributed by atoms with Gasteiger partial charge in [-0.25, -0.2) is 5.43 Å². The maximum absolute atomic E-state index is 14.1. The first-order valence-electron chi connectivity index (χ1n) is 14.7. The first-order chi connectivity index (χ1) is 20.6. The molecule has 0 radical (unpaired) electrons. The van der Waals surface area contributed by atoms with Crippen LogP contribution in [0.25, 0.3) is 0 Å². The Hall–Kier alpha value is -2.18. The zero-order valence-corrected chi connectivity index (χ0v) is 29.1. The summed E-state index contributed by atoms with van der Waals surface area (Å²) >= 11 is 17.2.